The summed E-state index contributed by atoms with van der Waals surface area (Å²) >= 11 is 5.64. The minimum absolute atomic E-state index is 0.0917. The van der Waals surface area contributed by atoms with Crippen LogP contribution in [0.4, 0.5) is 5.69 Å². The Bertz CT molecular complexity index is 649. The molecule has 10 heteroatoms. The molecular formula is C14H16ClN3O6. The van der Waals surface area contributed by atoms with E-state index < -0.39 is 29.1 Å². The van der Waals surface area contributed by atoms with Crippen molar-refractivity contribution in [1.82, 2.24) is 10.6 Å². The Morgan fingerprint density at radius 2 is 1.96 bits per heavy atom. The van der Waals surface area contributed by atoms with Crippen LogP contribution in [0.3, 0.4) is 0 Å². The number of esters is 1. The number of ether oxygens (including phenoxy) is 1. The van der Waals surface area contributed by atoms with E-state index in [0.29, 0.717) is 6.54 Å². The largest absolute Gasteiger partial charge is 0.452 e. The minimum atomic E-state index is -1.04. The third-order valence-electron chi connectivity index (χ3n) is 2.73. The second kappa shape index (κ2) is 9.46. The Labute approximate surface area is 142 Å². The molecule has 1 aromatic rings. The highest BCUT2D eigenvalue weighted by atomic mass is 35.5. The number of nitro groups is 1. The molecule has 0 aliphatic heterocycles. The summed E-state index contributed by atoms with van der Waals surface area (Å²) in [5, 5.41) is 15.8. The number of amides is 2. The first-order valence-electron chi connectivity index (χ1n) is 6.99. The quantitative estimate of drug-likeness (QED) is 0.406. The van der Waals surface area contributed by atoms with Crippen molar-refractivity contribution < 1.29 is 24.0 Å². The van der Waals surface area contributed by atoms with Gasteiger partial charge < -0.3 is 15.4 Å². The molecule has 9 nitrogen and oxygen atoms in total. The van der Waals surface area contributed by atoms with Crippen LogP contribution in [-0.2, 0) is 14.3 Å². The Kier molecular flexibility index (Phi) is 7.63. The predicted molar refractivity (Wildman–Crippen MR) is 84.7 cm³/mol. The van der Waals surface area contributed by atoms with Crippen molar-refractivity contribution in [3.63, 3.8) is 0 Å². The predicted octanol–water partition coefficient (Wildman–Crippen LogP) is 1.05. The molecule has 0 bridgehead atoms. The first-order valence-corrected chi connectivity index (χ1v) is 7.37. The van der Waals surface area contributed by atoms with Gasteiger partial charge >= 0.3 is 5.97 Å². The van der Waals surface area contributed by atoms with Crippen molar-refractivity contribution in [1.29, 1.82) is 0 Å². The molecule has 1 aromatic carbocycles. The van der Waals surface area contributed by atoms with Crippen LogP contribution >= 0.6 is 11.6 Å². The number of nitro benzene ring substituents is 1. The molecule has 0 radical (unpaired) electrons. The van der Waals surface area contributed by atoms with E-state index in [1.54, 1.807) is 0 Å². The molecule has 0 fully saturated rings. The third-order valence-corrected chi connectivity index (χ3v) is 2.96. The topological polar surface area (TPSA) is 128 Å². The number of carbonyl (C=O) groups excluding carboxylic acids is 3. The number of rotatable bonds is 8. The Hall–Kier alpha value is -2.68. The van der Waals surface area contributed by atoms with Gasteiger partial charge in [-0.2, -0.15) is 0 Å². The maximum Gasteiger partial charge on any atom is 0.345 e. The van der Waals surface area contributed by atoms with Crippen molar-refractivity contribution in [2.24, 2.45) is 0 Å². The number of nitrogens with zero attached hydrogens (tertiary/aromatic N) is 1. The summed E-state index contributed by atoms with van der Waals surface area (Å²) in [6.45, 7) is 1.45. The molecule has 0 unspecified atom stereocenters. The van der Waals surface area contributed by atoms with Crippen LogP contribution in [0.25, 0.3) is 0 Å². The van der Waals surface area contributed by atoms with Crippen molar-refractivity contribution in [3.05, 3.63) is 38.9 Å². The first kappa shape index (κ1) is 19.4. The summed E-state index contributed by atoms with van der Waals surface area (Å²) < 4.78 is 4.70. The van der Waals surface area contributed by atoms with Gasteiger partial charge in [-0.3, -0.25) is 19.7 Å². The van der Waals surface area contributed by atoms with Gasteiger partial charge in [-0.15, -0.1) is 0 Å². The maximum atomic E-state index is 11.8. The summed E-state index contributed by atoms with van der Waals surface area (Å²) in [4.78, 5) is 44.8. The van der Waals surface area contributed by atoms with Crippen LogP contribution in [0.5, 0.6) is 0 Å². The molecule has 0 spiro atoms. The van der Waals surface area contributed by atoms with E-state index in [1.807, 2.05) is 6.92 Å². The molecule has 0 aliphatic rings. The lowest BCUT2D eigenvalue weighted by Gasteiger charge is -2.07. The lowest BCUT2D eigenvalue weighted by Crippen LogP contribution is -2.38. The zero-order valence-corrected chi connectivity index (χ0v) is 13.6. The average molecular weight is 358 g/mol. The van der Waals surface area contributed by atoms with Gasteiger partial charge in [0.15, 0.2) is 6.61 Å². The number of carbonyl (C=O) groups is 3. The van der Waals surface area contributed by atoms with Gasteiger partial charge in [0.1, 0.15) is 5.56 Å². The van der Waals surface area contributed by atoms with E-state index in [0.717, 1.165) is 18.6 Å². The number of hydrogen-bond acceptors (Lipinski definition) is 6. The van der Waals surface area contributed by atoms with E-state index in [-0.39, 0.29) is 23.0 Å². The van der Waals surface area contributed by atoms with Crippen LogP contribution in [0.15, 0.2) is 18.2 Å². The van der Waals surface area contributed by atoms with E-state index in [4.69, 9.17) is 16.3 Å². The smallest absolute Gasteiger partial charge is 0.345 e. The van der Waals surface area contributed by atoms with Gasteiger partial charge in [-0.1, -0.05) is 18.5 Å². The van der Waals surface area contributed by atoms with Gasteiger partial charge in [0.05, 0.1) is 11.5 Å². The standard InChI is InChI=1S/C14H16ClN3O6/c1-2-5-16-12(19)7-17-13(20)8-24-14(21)10-4-3-9(15)6-11(10)18(22)23/h3-4,6H,2,5,7-8H2,1H3,(H,16,19)(H,17,20). The fraction of sp³-hybridized carbons (Fsp3) is 0.357. The third kappa shape index (κ3) is 6.21. The van der Waals surface area contributed by atoms with E-state index >= 15 is 0 Å². The van der Waals surface area contributed by atoms with Crippen molar-refractivity contribution in [2.45, 2.75) is 13.3 Å². The van der Waals surface area contributed by atoms with Crippen molar-refractivity contribution in [2.75, 3.05) is 19.7 Å². The minimum Gasteiger partial charge on any atom is -0.452 e. The lowest BCUT2D eigenvalue weighted by atomic mass is 10.2. The van der Waals surface area contributed by atoms with E-state index in [1.165, 1.54) is 6.07 Å². The number of halogens is 1. The number of nitrogens with one attached hydrogen (secondary N) is 2. The molecule has 2 N–H and O–H groups in total. The lowest BCUT2D eigenvalue weighted by molar-refractivity contribution is -0.385. The molecule has 0 heterocycles. The fourth-order valence-electron chi connectivity index (χ4n) is 1.59. The van der Waals surface area contributed by atoms with Crippen molar-refractivity contribution >= 4 is 35.1 Å². The van der Waals surface area contributed by atoms with Crippen LogP contribution in [0, 0.1) is 10.1 Å². The Morgan fingerprint density at radius 3 is 2.58 bits per heavy atom. The Balaban J connectivity index is 2.53. The molecule has 1 rings (SSSR count). The monoisotopic (exact) mass is 357 g/mol. The molecule has 0 aliphatic carbocycles. The zero-order valence-electron chi connectivity index (χ0n) is 12.8. The van der Waals surface area contributed by atoms with Gasteiger partial charge in [0.2, 0.25) is 5.91 Å². The summed E-state index contributed by atoms with van der Waals surface area (Å²) in [6.07, 6.45) is 0.761. The van der Waals surface area contributed by atoms with Gasteiger partial charge in [-0.05, 0) is 18.6 Å². The van der Waals surface area contributed by atoms with Crippen molar-refractivity contribution in [3.8, 4) is 0 Å². The molecule has 0 aromatic heterocycles. The maximum absolute atomic E-state index is 11.8. The highest BCUT2D eigenvalue weighted by molar-refractivity contribution is 6.31. The molecule has 0 atom stereocenters. The second-order valence-electron chi connectivity index (χ2n) is 4.62. The van der Waals surface area contributed by atoms with Crippen LogP contribution in [0.1, 0.15) is 23.7 Å². The van der Waals surface area contributed by atoms with E-state index in [9.17, 15) is 24.5 Å². The molecular weight excluding hydrogens is 342 g/mol. The van der Waals surface area contributed by atoms with E-state index in [2.05, 4.69) is 10.6 Å². The summed E-state index contributed by atoms with van der Waals surface area (Å²) in [7, 11) is 0. The van der Waals surface area contributed by atoms with Crippen LogP contribution < -0.4 is 10.6 Å². The normalized spacial score (nSPS) is 9.92. The second-order valence-corrected chi connectivity index (χ2v) is 5.06. The molecule has 2 amide bonds. The summed E-state index contributed by atoms with van der Waals surface area (Å²) in [6, 6.07) is 3.44. The molecule has 0 saturated carbocycles. The van der Waals surface area contributed by atoms with Crippen LogP contribution in [0.2, 0.25) is 5.02 Å². The van der Waals surface area contributed by atoms with Gasteiger partial charge in [0, 0.05) is 17.6 Å². The highest BCUT2D eigenvalue weighted by Crippen LogP contribution is 2.23. The molecule has 0 saturated heterocycles. The van der Waals surface area contributed by atoms with Gasteiger partial charge in [-0.25, -0.2) is 4.79 Å². The van der Waals surface area contributed by atoms with Gasteiger partial charge in [0.25, 0.3) is 11.6 Å². The zero-order chi connectivity index (χ0) is 18.1. The van der Waals surface area contributed by atoms with Crippen LogP contribution in [-0.4, -0.2) is 42.4 Å². The average Bonchev–Trinajstić information content (AvgIpc) is 2.55. The Morgan fingerprint density at radius 1 is 1.25 bits per heavy atom. The highest BCUT2D eigenvalue weighted by Gasteiger charge is 2.22. The molecule has 130 valence electrons. The first-order chi connectivity index (χ1) is 11.3. The summed E-state index contributed by atoms with van der Waals surface area (Å²) in [5.74, 6) is -2.11. The fourth-order valence-corrected chi connectivity index (χ4v) is 1.76. The number of benzene rings is 1. The number of hydrogen-bond donors (Lipinski definition) is 2. The molecule has 24 heavy (non-hydrogen) atoms. The summed E-state index contributed by atoms with van der Waals surface area (Å²) in [5.41, 5.74) is -0.843. The SMILES string of the molecule is CCCNC(=O)CNC(=O)COC(=O)c1ccc(Cl)cc1[N+](=O)[O-].